The summed E-state index contributed by atoms with van der Waals surface area (Å²) in [4.78, 5) is 35.4. The lowest BCUT2D eigenvalue weighted by atomic mass is 10.0. The van der Waals surface area contributed by atoms with Crippen LogP contribution < -0.4 is 5.32 Å². The molecular weight excluding hydrogens is 357 g/mol. The normalized spacial score (nSPS) is 11.8. The number of ether oxygens (including phenoxy) is 2. The number of rotatable bonds is 7. The number of halogens is 2. The molecule has 0 saturated carbocycles. The topological polar surface area (TPSA) is 81.7 Å². The lowest BCUT2D eigenvalue weighted by Crippen LogP contribution is -2.44. The van der Waals surface area contributed by atoms with Crippen molar-refractivity contribution in [2.24, 2.45) is 5.92 Å². The summed E-state index contributed by atoms with van der Waals surface area (Å²) in [6.07, 6.45) is 0.413. The van der Waals surface area contributed by atoms with Crippen molar-refractivity contribution < 1.29 is 23.9 Å². The number of methoxy groups -OCH3 is 1. The van der Waals surface area contributed by atoms with Crippen molar-refractivity contribution in [3.63, 3.8) is 0 Å². The van der Waals surface area contributed by atoms with Crippen molar-refractivity contribution in [3.8, 4) is 0 Å². The van der Waals surface area contributed by atoms with E-state index in [0.29, 0.717) is 6.42 Å². The molecule has 0 aliphatic heterocycles. The third-order valence-electron chi connectivity index (χ3n) is 2.96. The molecule has 0 aromatic heterocycles. The Labute approximate surface area is 150 Å². The summed E-state index contributed by atoms with van der Waals surface area (Å²) in [7, 11) is 1.24. The van der Waals surface area contributed by atoms with Gasteiger partial charge in [-0.2, -0.15) is 0 Å². The van der Waals surface area contributed by atoms with E-state index >= 15 is 0 Å². The average Bonchev–Trinajstić information content (AvgIpc) is 2.49. The summed E-state index contributed by atoms with van der Waals surface area (Å²) >= 11 is 11.6. The number of esters is 2. The minimum Gasteiger partial charge on any atom is -0.467 e. The summed E-state index contributed by atoms with van der Waals surface area (Å²) in [5, 5.41) is 3.04. The number of carbonyl (C=O) groups is 3. The Hall–Kier alpha value is -1.79. The molecule has 1 amide bonds. The Morgan fingerprint density at radius 1 is 1.12 bits per heavy atom. The van der Waals surface area contributed by atoms with Crippen molar-refractivity contribution in [1.29, 1.82) is 0 Å². The molecule has 0 radical (unpaired) electrons. The molecule has 0 bridgehead atoms. The van der Waals surface area contributed by atoms with E-state index in [9.17, 15) is 14.4 Å². The maximum atomic E-state index is 11.9. The van der Waals surface area contributed by atoms with E-state index in [1.54, 1.807) is 0 Å². The Balaban J connectivity index is 2.60. The van der Waals surface area contributed by atoms with Gasteiger partial charge in [0.1, 0.15) is 6.04 Å². The lowest BCUT2D eigenvalue weighted by molar-refractivity contribution is -0.145. The number of hydrogen-bond donors (Lipinski definition) is 1. The van der Waals surface area contributed by atoms with E-state index in [2.05, 4.69) is 10.1 Å². The van der Waals surface area contributed by atoms with Crippen LogP contribution in [0.5, 0.6) is 0 Å². The van der Waals surface area contributed by atoms with E-state index in [4.69, 9.17) is 27.9 Å². The van der Waals surface area contributed by atoms with E-state index in [1.165, 1.54) is 25.3 Å². The molecule has 0 fully saturated rings. The van der Waals surface area contributed by atoms with Crippen LogP contribution in [-0.4, -0.2) is 37.6 Å². The quantitative estimate of drug-likeness (QED) is 0.740. The SMILES string of the molecule is COC(=O)C(CC(C)C)NC(=O)COC(=O)c1cc(Cl)cc(Cl)c1. The van der Waals surface area contributed by atoms with Crippen LogP contribution in [0.25, 0.3) is 0 Å². The highest BCUT2D eigenvalue weighted by molar-refractivity contribution is 6.35. The van der Waals surface area contributed by atoms with Gasteiger partial charge in [0.05, 0.1) is 12.7 Å². The van der Waals surface area contributed by atoms with E-state index in [0.717, 1.165) is 0 Å². The minimum atomic E-state index is -0.790. The Bertz CT molecular complexity index is 598. The number of nitrogens with one attached hydrogen (secondary N) is 1. The van der Waals surface area contributed by atoms with Crippen molar-refractivity contribution in [2.75, 3.05) is 13.7 Å². The predicted octanol–water partition coefficient (Wildman–Crippen LogP) is 2.85. The zero-order valence-corrected chi connectivity index (χ0v) is 15.1. The van der Waals surface area contributed by atoms with Crippen molar-refractivity contribution >= 4 is 41.0 Å². The molecule has 8 heteroatoms. The van der Waals surface area contributed by atoms with Crippen molar-refractivity contribution in [2.45, 2.75) is 26.3 Å². The first kappa shape index (κ1) is 20.3. The van der Waals surface area contributed by atoms with Crippen molar-refractivity contribution in [1.82, 2.24) is 5.32 Å². The monoisotopic (exact) mass is 375 g/mol. The molecule has 1 aromatic carbocycles. The zero-order valence-electron chi connectivity index (χ0n) is 13.6. The Morgan fingerprint density at radius 3 is 2.21 bits per heavy atom. The molecule has 0 spiro atoms. The van der Waals surface area contributed by atoms with E-state index in [-0.39, 0.29) is 21.5 Å². The molecule has 0 heterocycles. The number of benzene rings is 1. The van der Waals surface area contributed by atoms with Crippen LogP contribution in [0.4, 0.5) is 0 Å². The second-order valence-corrected chi connectivity index (χ2v) is 6.38. The second-order valence-electron chi connectivity index (χ2n) is 5.51. The first-order chi connectivity index (χ1) is 11.2. The highest BCUT2D eigenvalue weighted by Gasteiger charge is 2.23. The maximum absolute atomic E-state index is 11.9. The third-order valence-corrected chi connectivity index (χ3v) is 3.40. The largest absolute Gasteiger partial charge is 0.467 e. The number of amides is 1. The summed E-state index contributed by atoms with van der Waals surface area (Å²) in [5.41, 5.74) is 0.131. The molecule has 0 saturated heterocycles. The summed E-state index contributed by atoms with van der Waals surface area (Å²) in [6, 6.07) is 3.44. The molecule has 1 atom stereocenters. The molecule has 0 aliphatic carbocycles. The van der Waals surface area contributed by atoms with Crippen molar-refractivity contribution in [3.05, 3.63) is 33.8 Å². The van der Waals surface area contributed by atoms with Gasteiger partial charge in [0.2, 0.25) is 0 Å². The molecule has 24 heavy (non-hydrogen) atoms. The highest BCUT2D eigenvalue weighted by Crippen LogP contribution is 2.19. The van der Waals surface area contributed by atoms with E-state index in [1.807, 2.05) is 13.8 Å². The van der Waals surface area contributed by atoms with Crippen LogP contribution in [0.2, 0.25) is 10.0 Å². The number of carbonyl (C=O) groups excluding carboxylic acids is 3. The summed E-state index contributed by atoms with van der Waals surface area (Å²) in [5.74, 6) is -1.73. The highest BCUT2D eigenvalue weighted by atomic mass is 35.5. The van der Waals surface area contributed by atoms with Gasteiger partial charge in [-0.25, -0.2) is 9.59 Å². The summed E-state index contributed by atoms with van der Waals surface area (Å²) < 4.78 is 9.54. The van der Waals surface area contributed by atoms with Crippen LogP contribution in [0.15, 0.2) is 18.2 Å². The molecule has 1 unspecified atom stereocenters. The second kappa shape index (κ2) is 9.49. The first-order valence-electron chi connectivity index (χ1n) is 7.23. The lowest BCUT2D eigenvalue weighted by Gasteiger charge is -2.18. The third kappa shape index (κ3) is 6.76. The van der Waals surface area contributed by atoms with Crippen LogP contribution >= 0.6 is 23.2 Å². The predicted molar refractivity (Wildman–Crippen MR) is 90.1 cm³/mol. The van der Waals surface area contributed by atoms with Gasteiger partial charge in [-0.15, -0.1) is 0 Å². The first-order valence-corrected chi connectivity index (χ1v) is 7.99. The fraction of sp³-hybridized carbons (Fsp3) is 0.438. The van der Waals surface area contributed by atoms with Gasteiger partial charge < -0.3 is 14.8 Å². The van der Waals surface area contributed by atoms with Gasteiger partial charge in [0, 0.05) is 10.0 Å². The fourth-order valence-corrected chi connectivity index (χ4v) is 2.48. The smallest absolute Gasteiger partial charge is 0.338 e. The molecule has 1 aromatic rings. The minimum absolute atomic E-state index is 0.131. The molecule has 6 nitrogen and oxygen atoms in total. The van der Waals surface area contributed by atoms with Gasteiger partial charge in [-0.3, -0.25) is 4.79 Å². The van der Waals surface area contributed by atoms with Crippen LogP contribution in [0, 0.1) is 5.92 Å². The Morgan fingerprint density at radius 2 is 1.71 bits per heavy atom. The van der Waals surface area contributed by atoms with Crippen LogP contribution in [0.1, 0.15) is 30.6 Å². The molecule has 1 N–H and O–H groups in total. The molecule has 1 rings (SSSR count). The molecule has 0 aliphatic rings. The fourth-order valence-electron chi connectivity index (χ4n) is 1.95. The zero-order chi connectivity index (χ0) is 18.3. The van der Waals surface area contributed by atoms with Crippen LogP contribution in [0.3, 0.4) is 0 Å². The average molecular weight is 376 g/mol. The molecular formula is C16H19Cl2NO5. The molecule has 132 valence electrons. The number of hydrogen-bond acceptors (Lipinski definition) is 5. The van der Waals surface area contributed by atoms with Gasteiger partial charge >= 0.3 is 11.9 Å². The Kier molecular flexibility index (Phi) is 8.01. The standard InChI is InChI=1S/C16H19Cl2NO5/c1-9(2)4-13(16(22)23-3)19-14(20)8-24-15(21)10-5-11(17)7-12(18)6-10/h5-7,9,13H,4,8H2,1-3H3,(H,19,20). The maximum Gasteiger partial charge on any atom is 0.338 e. The van der Waals surface area contributed by atoms with E-state index < -0.39 is 30.5 Å². The van der Waals surface area contributed by atoms with Gasteiger partial charge in [-0.1, -0.05) is 37.0 Å². The van der Waals surface area contributed by atoms with Gasteiger partial charge in [-0.05, 0) is 30.5 Å². The van der Waals surface area contributed by atoms with Gasteiger partial charge in [0.15, 0.2) is 6.61 Å². The van der Waals surface area contributed by atoms with Gasteiger partial charge in [0.25, 0.3) is 5.91 Å². The van der Waals surface area contributed by atoms with Crippen LogP contribution in [-0.2, 0) is 19.1 Å². The summed E-state index contributed by atoms with van der Waals surface area (Å²) in [6.45, 7) is 3.28.